The third kappa shape index (κ3) is 5.36. The first-order valence-electron chi connectivity index (χ1n) is 7.96. The molecule has 1 rings (SSSR count). The Balaban J connectivity index is 2.73. The first-order valence-corrected chi connectivity index (χ1v) is 7.96. The Bertz CT molecular complexity index is 394. The zero-order chi connectivity index (χ0) is 15.0. The minimum atomic E-state index is 0.182. The Labute approximate surface area is 124 Å². The van der Waals surface area contributed by atoms with E-state index in [1.165, 1.54) is 5.56 Å². The summed E-state index contributed by atoms with van der Waals surface area (Å²) < 4.78 is 0. The van der Waals surface area contributed by atoms with Crippen LogP contribution in [0.5, 0.6) is 0 Å². The zero-order valence-electron chi connectivity index (χ0n) is 13.5. The molecule has 0 aliphatic carbocycles. The predicted octanol–water partition coefficient (Wildman–Crippen LogP) is 4.54. The van der Waals surface area contributed by atoms with Crippen LogP contribution < -0.4 is 0 Å². The Kier molecular flexibility index (Phi) is 7.35. The zero-order valence-corrected chi connectivity index (χ0v) is 13.5. The fraction of sp³-hybridized carbons (Fsp3) is 0.611. The lowest BCUT2D eigenvalue weighted by molar-refractivity contribution is 0.0746. The lowest BCUT2D eigenvalue weighted by Crippen LogP contribution is -2.33. The van der Waals surface area contributed by atoms with Crippen molar-refractivity contribution in [3.63, 3.8) is 0 Å². The van der Waals surface area contributed by atoms with E-state index in [1.807, 2.05) is 17.0 Å². The molecule has 112 valence electrons. The van der Waals surface area contributed by atoms with Gasteiger partial charge in [-0.05, 0) is 42.9 Å². The molecule has 20 heavy (non-hydrogen) atoms. The van der Waals surface area contributed by atoms with Crippen molar-refractivity contribution in [2.75, 3.05) is 13.1 Å². The highest BCUT2D eigenvalue weighted by Crippen LogP contribution is 2.11. The normalized spacial score (nSPS) is 10.8. The maximum absolute atomic E-state index is 12.6. The van der Waals surface area contributed by atoms with Gasteiger partial charge in [0.25, 0.3) is 5.91 Å². The highest BCUT2D eigenvalue weighted by Gasteiger charge is 2.15. The second-order valence-electron chi connectivity index (χ2n) is 5.88. The van der Waals surface area contributed by atoms with Crippen LogP contribution in [0, 0.1) is 5.92 Å². The number of benzene rings is 1. The summed E-state index contributed by atoms with van der Waals surface area (Å²) in [7, 11) is 0. The lowest BCUT2D eigenvalue weighted by atomic mass is 10.1. The van der Waals surface area contributed by atoms with Crippen LogP contribution in [0.3, 0.4) is 0 Å². The van der Waals surface area contributed by atoms with Crippen molar-refractivity contribution in [3.05, 3.63) is 35.4 Å². The molecule has 0 atom stereocenters. The van der Waals surface area contributed by atoms with Crippen molar-refractivity contribution in [3.8, 4) is 0 Å². The fourth-order valence-corrected chi connectivity index (χ4v) is 2.14. The van der Waals surface area contributed by atoms with Crippen LogP contribution in [-0.4, -0.2) is 23.9 Å². The first kappa shape index (κ1) is 16.7. The van der Waals surface area contributed by atoms with Gasteiger partial charge in [-0.3, -0.25) is 4.79 Å². The molecule has 1 aromatic carbocycles. The van der Waals surface area contributed by atoms with Crippen molar-refractivity contribution >= 4 is 5.91 Å². The van der Waals surface area contributed by atoms with Crippen molar-refractivity contribution in [2.45, 2.75) is 53.4 Å². The van der Waals surface area contributed by atoms with Crippen LogP contribution >= 0.6 is 0 Å². The van der Waals surface area contributed by atoms with E-state index < -0.39 is 0 Å². The highest BCUT2D eigenvalue weighted by atomic mass is 16.2. The van der Waals surface area contributed by atoms with Crippen LogP contribution in [0.25, 0.3) is 0 Å². The molecule has 0 bridgehead atoms. The molecule has 0 radical (unpaired) electrons. The van der Waals surface area contributed by atoms with Gasteiger partial charge in [0.15, 0.2) is 0 Å². The third-order valence-corrected chi connectivity index (χ3v) is 3.65. The molecule has 2 heteroatoms. The van der Waals surface area contributed by atoms with Crippen LogP contribution in [0.1, 0.15) is 62.9 Å². The van der Waals surface area contributed by atoms with Gasteiger partial charge >= 0.3 is 0 Å². The first-order chi connectivity index (χ1) is 9.58. The number of carbonyl (C=O) groups is 1. The van der Waals surface area contributed by atoms with Gasteiger partial charge in [0.1, 0.15) is 0 Å². The van der Waals surface area contributed by atoms with Gasteiger partial charge in [0.05, 0.1) is 0 Å². The average Bonchev–Trinajstić information content (AvgIpc) is 2.46. The Morgan fingerprint density at radius 1 is 1.10 bits per heavy atom. The summed E-state index contributed by atoms with van der Waals surface area (Å²) in [6.07, 6.45) is 4.29. The maximum Gasteiger partial charge on any atom is 0.253 e. The molecule has 0 aliphatic rings. The number of hydrogen-bond acceptors (Lipinski definition) is 1. The molecular weight excluding hydrogens is 246 g/mol. The standard InChI is InChI=1S/C18H29NO/c1-5-7-13-19(14-12-15(3)4)18(20)17-10-8-16(6-2)9-11-17/h8-11,15H,5-7,12-14H2,1-4H3. The van der Waals surface area contributed by atoms with Gasteiger partial charge in [0, 0.05) is 18.7 Å². The summed E-state index contributed by atoms with van der Waals surface area (Å²) in [4.78, 5) is 14.6. The molecule has 0 unspecified atom stereocenters. The molecule has 0 spiro atoms. The minimum absolute atomic E-state index is 0.182. The summed E-state index contributed by atoms with van der Waals surface area (Å²) in [6, 6.07) is 8.06. The summed E-state index contributed by atoms with van der Waals surface area (Å²) >= 11 is 0. The second-order valence-corrected chi connectivity index (χ2v) is 5.88. The number of amides is 1. The number of nitrogens with zero attached hydrogens (tertiary/aromatic N) is 1. The lowest BCUT2D eigenvalue weighted by Gasteiger charge is -2.23. The van der Waals surface area contributed by atoms with Crippen molar-refractivity contribution in [1.82, 2.24) is 4.90 Å². The van der Waals surface area contributed by atoms with E-state index in [-0.39, 0.29) is 5.91 Å². The molecular formula is C18H29NO. The second kappa shape index (κ2) is 8.78. The molecule has 0 saturated carbocycles. The summed E-state index contributed by atoms with van der Waals surface area (Å²) in [5.41, 5.74) is 2.10. The SMILES string of the molecule is CCCCN(CCC(C)C)C(=O)c1ccc(CC)cc1. The van der Waals surface area contributed by atoms with Crippen LogP contribution in [-0.2, 0) is 6.42 Å². The predicted molar refractivity (Wildman–Crippen MR) is 86.1 cm³/mol. The van der Waals surface area contributed by atoms with Crippen LogP contribution in [0.15, 0.2) is 24.3 Å². The molecule has 1 aromatic rings. The summed E-state index contributed by atoms with van der Waals surface area (Å²) in [5, 5.41) is 0. The minimum Gasteiger partial charge on any atom is -0.339 e. The third-order valence-electron chi connectivity index (χ3n) is 3.65. The number of hydrogen-bond donors (Lipinski definition) is 0. The number of aryl methyl sites for hydroxylation is 1. The van der Waals surface area contributed by atoms with E-state index in [0.717, 1.165) is 44.3 Å². The summed E-state index contributed by atoms with van der Waals surface area (Å²) in [5.74, 6) is 0.816. The molecule has 2 nitrogen and oxygen atoms in total. The average molecular weight is 275 g/mol. The molecule has 0 N–H and O–H groups in total. The fourth-order valence-electron chi connectivity index (χ4n) is 2.14. The maximum atomic E-state index is 12.6. The Morgan fingerprint density at radius 2 is 1.75 bits per heavy atom. The molecule has 0 aromatic heterocycles. The Morgan fingerprint density at radius 3 is 2.25 bits per heavy atom. The van der Waals surface area contributed by atoms with Crippen LogP contribution in [0.2, 0.25) is 0 Å². The molecule has 0 heterocycles. The van der Waals surface area contributed by atoms with Gasteiger partial charge in [-0.15, -0.1) is 0 Å². The van der Waals surface area contributed by atoms with Gasteiger partial charge in [-0.1, -0.05) is 46.2 Å². The van der Waals surface area contributed by atoms with Crippen molar-refractivity contribution < 1.29 is 4.79 Å². The van der Waals surface area contributed by atoms with Crippen molar-refractivity contribution in [2.24, 2.45) is 5.92 Å². The van der Waals surface area contributed by atoms with E-state index in [0.29, 0.717) is 5.92 Å². The topological polar surface area (TPSA) is 20.3 Å². The van der Waals surface area contributed by atoms with Gasteiger partial charge in [-0.25, -0.2) is 0 Å². The van der Waals surface area contributed by atoms with Crippen molar-refractivity contribution in [1.29, 1.82) is 0 Å². The number of unbranched alkanes of at least 4 members (excludes halogenated alkanes) is 1. The van der Waals surface area contributed by atoms with E-state index in [9.17, 15) is 4.79 Å². The molecule has 0 fully saturated rings. The largest absolute Gasteiger partial charge is 0.339 e. The van der Waals surface area contributed by atoms with Gasteiger partial charge in [-0.2, -0.15) is 0 Å². The number of carbonyl (C=O) groups excluding carboxylic acids is 1. The quantitative estimate of drug-likeness (QED) is 0.682. The number of rotatable bonds is 8. The van der Waals surface area contributed by atoms with Crippen LogP contribution in [0.4, 0.5) is 0 Å². The van der Waals surface area contributed by atoms with Gasteiger partial charge < -0.3 is 4.90 Å². The molecule has 1 amide bonds. The van der Waals surface area contributed by atoms with E-state index in [4.69, 9.17) is 0 Å². The van der Waals surface area contributed by atoms with E-state index >= 15 is 0 Å². The Hall–Kier alpha value is -1.31. The molecule has 0 aliphatic heterocycles. The smallest absolute Gasteiger partial charge is 0.253 e. The van der Waals surface area contributed by atoms with Gasteiger partial charge in [0.2, 0.25) is 0 Å². The van der Waals surface area contributed by atoms with E-state index in [2.05, 4.69) is 39.8 Å². The van der Waals surface area contributed by atoms with E-state index in [1.54, 1.807) is 0 Å². The monoisotopic (exact) mass is 275 g/mol. The summed E-state index contributed by atoms with van der Waals surface area (Å²) in [6.45, 7) is 10.5. The highest BCUT2D eigenvalue weighted by molar-refractivity contribution is 5.94. The molecule has 0 saturated heterocycles.